The maximum absolute atomic E-state index is 12.2. The zero-order valence-electron chi connectivity index (χ0n) is 18.4. The molecule has 0 aliphatic carbocycles. The third-order valence-corrected chi connectivity index (χ3v) is 5.19. The Morgan fingerprint density at radius 3 is 2.50 bits per heavy atom. The Kier molecular flexibility index (Phi) is 10.1. The van der Waals surface area contributed by atoms with E-state index in [0.717, 1.165) is 18.4 Å². The van der Waals surface area contributed by atoms with Crippen LogP contribution in [0.1, 0.15) is 39.5 Å². The fraction of sp³-hybridized carbons (Fsp3) is 0.550. The number of aryl methyl sites for hydroxylation is 1. The summed E-state index contributed by atoms with van der Waals surface area (Å²) in [6.07, 6.45) is 9.78. The van der Waals surface area contributed by atoms with Gasteiger partial charge in [0, 0.05) is 30.9 Å². The van der Waals surface area contributed by atoms with Gasteiger partial charge in [0.25, 0.3) is 0 Å². The Morgan fingerprint density at radius 1 is 1.16 bits per heavy atom. The van der Waals surface area contributed by atoms with Crippen molar-refractivity contribution >= 4 is 29.5 Å². The predicted octanol–water partition coefficient (Wildman–Crippen LogP) is 1.36. The third kappa shape index (κ3) is 8.25. The van der Waals surface area contributed by atoms with Crippen LogP contribution in [0, 0.1) is 5.92 Å². The Labute approximate surface area is 190 Å². The summed E-state index contributed by atoms with van der Waals surface area (Å²) in [7, 11) is 0. The van der Waals surface area contributed by atoms with E-state index >= 15 is 0 Å². The molecule has 174 valence electrons. The molecule has 11 nitrogen and oxygen atoms in total. The molecule has 2 aromatic rings. The maximum atomic E-state index is 12.2. The van der Waals surface area contributed by atoms with Crippen molar-refractivity contribution < 1.29 is 19.5 Å². The first-order chi connectivity index (χ1) is 15.3. The van der Waals surface area contributed by atoms with Crippen LogP contribution < -0.4 is 10.6 Å². The van der Waals surface area contributed by atoms with Crippen LogP contribution in [0.25, 0.3) is 11.3 Å². The Balaban J connectivity index is 1.70. The van der Waals surface area contributed by atoms with Crippen LogP contribution in [0.4, 0.5) is 0 Å². The highest BCUT2D eigenvalue weighted by atomic mass is 32.2. The van der Waals surface area contributed by atoms with Gasteiger partial charge in [0.05, 0.1) is 6.20 Å². The van der Waals surface area contributed by atoms with Crippen LogP contribution in [0.2, 0.25) is 0 Å². The second kappa shape index (κ2) is 12.7. The number of hydrogen-bond acceptors (Lipinski definition) is 8. The van der Waals surface area contributed by atoms with Gasteiger partial charge in [-0.25, -0.2) is 9.97 Å². The SMILES string of the molecule is CSc1ncc(-c2cn(CCCCCC(=O)NC(C(=O)NCC(=O)O)C(C)C)nn2)cn1. The van der Waals surface area contributed by atoms with Crippen molar-refractivity contribution in [2.24, 2.45) is 5.92 Å². The number of amides is 2. The highest BCUT2D eigenvalue weighted by Gasteiger charge is 2.24. The number of carbonyl (C=O) groups is 3. The third-order valence-electron chi connectivity index (χ3n) is 4.62. The average molecular weight is 464 g/mol. The lowest BCUT2D eigenvalue weighted by Crippen LogP contribution is -2.50. The Hall–Kier alpha value is -3.02. The van der Waals surface area contributed by atoms with Gasteiger partial charge in [0.2, 0.25) is 11.8 Å². The molecule has 2 rings (SSSR count). The number of rotatable bonds is 13. The van der Waals surface area contributed by atoms with Crippen molar-refractivity contribution in [2.75, 3.05) is 12.8 Å². The van der Waals surface area contributed by atoms with Gasteiger partial charge in [-0.3, -0.25) is 19.1 Å². The van der Waals surface area contributed by atoms with E-state index in [1.54, 1.807) is 30.9 Å². The van der Waals surface area contributed by atoms with Crippen LogP contribution in [-0.4, -0.2) is 66.7 Å². The van der Waals surface area contributed by atoms with E-state index in [0.29, 0.717) is 23.8 Å². The minimum Gasteiger partial charge on any atom is -0.480 e. The van der Waals surface area contributed by atoms with Gasteiger partial charge in [-0.1, -0.05) is 37.2 Å². The minimum absolute atomic E-state index is 0.156. The largest absolute Gasteiger partial charge is 0.480 e. The molecule has 0 spiro atoms. The number of hydrogen-bond donors (Lipinski definition) is 3. The van der Waals surface area contributed by atoms with Crippen molar-refractivity contribution in [1.82, 2.24) is 35.6 Å². The molecular weight excluding hydrogens is 434 g/mol. The van der Waals surface area contributed by atoms with E-state index in [4.69, 9.17) is 5.11 Å². The molecule has 2 heterocycles. The fourth-order valence-corrected chi connectivity index (χ4v) is 3.20. The number of nitrogens with zero attached hydrogens (tertiary/aromatic N) is 5. The Bertz CT molecular complexity index is 902. The first-order valence-electron chi connectivity index (χ1n) is 10.4. The number of unbranched alkanes of at least 4 members (excludes halogenated alkanes) is 2. The summed E-state index contributed by atoms with van der Waals surface area (Å²) >= 11 is 1.47. The fourth-order valence-electron chi connectivity index (χ4n) is 2.88. The molecule has 0 saturated heterocycles. The molecule has 3 N–H and O–H groups in total. The van der Waals surface area contributed by atoms with E-state index in [2.05, 4.69) is 30.9 Å². The molecule has 32 heavy (non-hydrogen) atoms. The molecule has 0 aliphatic rings. The number of carbonyl (C=O) groups excluding carboxylic acids is 2. The molecule has 0 radical (unpaired) electrons. The molecule has 1 unspecified atom stereocenters. The molecule has 1 atom stereocenters. The number of nitrogens with one attached hydrogen (secondary N) is 2. The van der Waals surface area contributed by atoms with Gasteiger partial charge in [-0.15, -0.1) is 5.10 Å². The van der Waals surface area contributed by atoms with Crippen molar-refractivity contribution in [2.45, 2.75) is 57.3 Å². The van der Waals surface area contributed by atoms with E-state index in [9.17, 15) is 14.4 Å². The summed E-state index contributed by atoms with van der Waals surface area (Å²) in [4.78, 5) is 43.3. The van der Waals surface area contributed by atoms with Crippen LogP contribution >= 0.6 is 11.8 Å². The molecule has 0 saturated carbocycles. The van der Waals surface area contributed by atoms with Crippen LogP contribution in [0.3, 0.4) is 0 Å². The maximum Gasteiger partial charge on any atom is 0.322 e. The number of carboxylic acids is 1. The molecule has 2 amide bonds. The molecule has 2 aromatic heterocycles. The number of aliphatic carboxylic acids is 1. The molecule has 12 heteroatoms. The number of aromatic nitrogens is 5. The lowest BCUT2D eigenvalue weighted by Gasteiger charge is -2.21. The zero-order chi connectivity index (χ0) is 23.5. The van der Waals surface area contributed by atoms with Crippen molar-refractivity contribution in [1.29, 1.82) is 0 Å². The highest BCUT2D eigenvalue weighted by molar-refractivity contribution is 7.98. The minimum atomic E-state index is -1.13. The lowest BCUT2D eigenvalue weighted by molar-refractivity contribution is -0.138. The smallest absolute Gasteiger partial charge is 0.322 e. The number of thioether (sulfide) groups is 1. The summed E-state index contributed by atoms with van der Waals surface area (Å²) in [5, 5.41) is 22.6. The van der Waals surface area contributed by atoms with Gasteiger partial charge < -0.3 is 15.7 Å². The van der Waals surface area contributed by atoms with E-state index in [1.807, 2.05) is 12.5 Å². The summed E-state index contributed by atoms with van der Waals surface area (Å²) < 4.78 is 1.75. The molecule has 0 bridgehead atoms. The van der Waals surface area contributed by atoms with E-state index in [1.165, 1.54) is 11.8 Å². The predicted molar refractivity (Wildman–Crippen MR) is 119 cm³/mol. The standard InChI is InChI=1S/C20H29N7O4S/c1-13(2)18(19(31)21-11-17(29)30)24-16(28)7-5-4-6-8-27-12-15(25-26-27)14-9-22-20(32-3)23-10-14/h9-10,12-13,18H,4-8,11H2,1-3H3,(H,21,31)(H,24,28)(H,29,30). The van der Waals surface area contributed by atoms with Gasteiger partial charge in [0.15, 0.2) is 5.16 Å². The van der Waals surface area contributed by atoms with Crippen LogP contribution in [-0.2, 0) is 20.9 Å². The van der Waals surface area contributed by atoms with Crippen molar-refractivity contribution in [3.05, 3.63) is 18.6 Å². The molecule has 0 fully saturated rings. The van der Waals surface area contributed by atoms with Crippen molar-refractivity contribution in [3.63, 3.8) is 0 Å². The van der Waals surface area contributed by atoms with Crippen molar-refractivity contribution in [3.8, 4) is 11.3 Å². The van der Waals surface area contributed by atoms with E-state index in [-0.39, 0.29) is 18.2 Å². The first kappa shape index (κ1) is 25.2. The lowest BCUT2D eigenvalue weighted by atomic mass is 10.0. The topological polar surface area (TPSA) is 152 Å². The Morgan fingerprint density at radius 2 is 1.88 bits per heavy atom. The summed E-state index contributed by atoms with van der Waals surface area (Å²) in [6, 6.07) is -0.760. The summed E-state index contributed by atoms with van der Waals surface area (Å²) in [5.74, 6) is -2.01. The molecule has 0 aromatic carbocycles. The second-order valence-electron chi connectivity index (χ2n) is 7.54. The van der Waals surface area contributed by atoms with Gasteiger partial charge in [-0.05, 0) is 25.0 Å². The van der Waals surface area contributed by atoms with Gasteiger partial charge in [0.1, 0.15) is 18.3 Å². The van der Waals surface area contributed by atoms with Gasteiger partial charge in [-0.2, -0.15) is 0 Å². The average Bonchev–Trinajstić information content (AvgIpc) is 3.24. The summed E-state index contributed by atoms with van der Waals surface area (Å²) in [5.41, 5.74) is 1.51. The molecular formula is C20H29N7O4S. The first-order valence-corrected chi connectivity index (χ1v) is 11.6. The monoisotopic (exact) mass is 463 g/mol. The number of carboxylic acid groups (broad SMARTS) is 1. The zero-order valence-corrected chi connectivity index (χ0v) is 19.3. The van der Waals surface area contributed by atoms with Crippen LogP contribution in [0.15, 0.2) is 23.7 Å². The highest BCUT2D eigenvalue weighted by Crippen LogP contribution is 2.16. The molecule has 0 aliphatic heterocycles. The second-order valence-corrected chi connectivity index (χ2v) is 8.31. The van der Waals surface area contributed by atoms with E-state index < -0.39 is 24.5 Å². The van der Waals surface area contributed by atoms with Crippen LogP contribution in [0.5, 0.6) is 0 Å². The quantitative estimate of drug-likeness (QED) is 0.227. The van der Waals surface area contributed by atoms with Gasteiger partial charge >= 0.3 is 5.97 Å². The summed E-state index contributed by atoms with van der Waals surface area (Å²) in [6.45, 7) is 3.78. The normalized spacial score (nSPS) is 11.9.